The summed E-state index contributed by atoms with van der Waals surface area (Å²) in [6.45, 7) is 0.259. The number of nitrogens with two attached hydrogens (primary N) is 1. The lowest BCUT2D eigenvalue weighted by Gasteiger charge is -2.11. The highest BCUT2D eigenvalue weighted by Gasteiger charge is 2.24. The molecule has 1 unspecified atom stereocenters. The number of benzene rings is 1. The fourth-order valence-corrected chi connectivity index (χ4v) is 1.48. The summed E-state index contributed by atoms with van der Waals surface area (Å²) < 4.78 is 4.89. The van der Waals surface area contributed by atoms with Gasteiger partial charge in [0.25, 0.3) is 0 Å². The Labute approximate surface area is 92.8 Å². The van der Waals surface area contributed by atoms with Gasteiger partial charge in [-0.25, -0.2) is 0 Å². The van der Waals surface area contributed by atoms with E-state index in [1.165, 1.54) is 19.2 Å². The maximum absolute atomic E-state index is 10.9. The summed E-state index contributed by atoms with van der Waals surface area (Å²) in [7, 11) is 1.35. The van der Waals surface area contributed by atoms with Gasteiger partial charge in [0.1, 0.15) is 0 Å². The summed E-state index contributed by atoms with van der Waals surface area (Å²) in [6, 6.07) is 4.58. The minimum absolute atomic E-state index is 0.138. The van der Waals surface area contributed by atoms with E-state index in [1.807, 2.05) is 0 Å². The molecule has 6 nitrogen and oxygen atoms in total. The van der Waals surface area contributed by atoms with Gasteiger partial charge in [-0.15, -0.1) is 0 Å². The molecule has 0 amide bonds. The van der Waals surface area contributed by atoms with Crippen LogP contribution in [0.2, 0.25) is 0 Å². The molecule has 1 aromatic carbocycles. The number of ether oxygens (including phenoxy) is 1. The predicted molar refractivity (Wildman–Crippen MR) is 58.3 cm³/mol. The topological polar surface area (TPSA) is 98.6 Å². The molecule has 1 rings (SSSR count). The summed E-state index contributed by atoms with van der Waals surface area (Å²) in [5.41, 5.74) is 5.33. The van der Waals surface area contributed by atoms with Crippen molar-refractivity contribution in [3.63, 3.8) is 0 Å². The molecule has 0 saturated heterocycles. The molecular weight excluding hydrogens is 212 g/mol. The number of nitro benzene ring substituents is 1. The van der Waals surface area contributed by atoms with E-state index in [1.54, 1.807) is 6.07 Å². The van der Waals surface area contributed by atoms with Crippen LogP contribution in [0.1, 0.15) is 18.1 Å². The van der Waals surface area contributed by atoms with Gasteiger partial charge in [0.05, 0.1) is 23.7 Å². The summed E-state index contributed by atoms with van der Waals surface area (Å²) in [4.78, 5) is 10.3. The Hall–Kier alpha value is -1.66. The highest BCUT2D eigenvalue weighted by atomic mass is 16.6. The largest absolute Gasteiger partial charge is 0.490 e. The van der Waals surface area contributed by atoms with Gasteiger partial charge < -0.3 is 15.6 Å². The minimum Gasteiger partial charge on any atom is -0.490 e. The van der Waals surface area contributed by atoms with Crippen molar-refractivity contribution in [2.75, 3.05) is 13.7 Å². The Morgan fingerprint density at radius 3 is 2.81 bits per heavy atom. The third-order valence-corrected chi connectivity index (χ3v) is 2.23. The van der Waals surface area contributed by atoms with Crippen molar-refractivity contribution >= 4 is 5.69 Å². The molecule has 0 aliphatic carbocycles. The lowest BCUT2D eigenvalue weighted by atomic mass is 10.0. The first-order valence-corrected chi connectivity index (χ1v) is 4.81. The number of rotatable bonds is 5. The first-order valence-electron chi connectivity index (χ1n) is 4.81. The second-order valence-electron chi connectivity index (χ2n) is 3.25. The Kier molecular flexibility index (Phi) is 4.21. The third kappa shape index (κ3) is 2.47. The molecule has 0 bridgehead atoms. The van der Waals surface area contributed by atoms with Crippen LogP contribution in [0.4, 0.5) is 5.69 Å². The van der Waals surface area contributed by atoms with Gasteiger partial charge in [0, 0.05) is 0 Å². The van der Waals surface area contributed by atoms with Crippen LogP contribution in [-0.2, 0) is 0 Å². The van der Waals surface area contributed by atoms with Crippen molar-refractivity contribution in [3.8, 4) is 5.75 Å². The van der Waals surface area contributed by atoms with Gasteiger partial charge in [0.15, 0.2) is 5.75 Å². The number of methoxy groups -OCH3 is 1. The van der Waals surface area contributed by atoms with Gasteiger partial charge in [0.2, 0.25) is 0 Å². The second-order valence-corrected chi connectivity index (χ2v) is 3.25. The SMILES string of the molecule is COc1cccc(C(O)CCN)c1[N+](=O)[O-]. The van der Waals surface area contributed by atoms with Gasteiger partial charge in [-0.1, -0.05) is 6.07 Å². The molecule has 88 valence electrons. The number of para-hydroxylation sites is 1. The molecule has 3 N–H and O–H groups in total. The molecule has 16 heavy (non-hydrogen) atoms. The molecule has 0 aromatic heterocycles. The van der Waals surface area contributed by atoms with Crippen LogP contribution >= 0.6 is 0 Å². The van der Waals surface area contributed by atoms with Crippen molar-refractivity contribution in [2.45, 2.75) is 12.5 Å². The summed E-state index contributed by atoms with van der Waals surface area (Å²) in [5.74, 6) is 0.138. The molecule has 1 atom stereocenters. The van der Waals surface area contributed by atoms with Gasteiger partial charge in [-0.05, 0) is 25.1 Å². The van der Waals surface area contributed by atoms with Crippen LogP contribution in [0.3, 0.4) is 0 Å². The molecule has 0 spiro atoms. The van der Waals surface area contributed by atoms with Gasteiger partial charge in [-0.3, -0.25) is 10.1 Å². The lowest BCUT2D eigenvalue weighted by molar-refractivity contribution is -0.387. The normalized spacial score (nSPS) is 12.2. The third-order valence-electron chi connectivity index (χ3n) is 2.23. The number of nitrogens with zero attached hydrogens (tertiary/aromatic N) is 1. The zero-order valence-electron chi connectivity index (χ0n) is 8.92. The van der Waals surface area contributed by atoms with Gasteiger partial charge in [-0.2, -0.15) is 0 Å². The highest BCUT2D eigenvalue weighted by molar-refractivity contribution is 5.53. The maximum Gasteiger partial charge on any atom is 0.316 e. The maximum atomic E-state index is 10.9. The average molecular weight is 226 g/mol. The first kappa shape index (κ1) is 12.4. The van der Waals surface area contributed by atoms with Crippen LogP contribution in [0.5, 0.6) is 5.75 Å². The zero-order chi connectivity index (χ0) is 12.1. The molecule has 0 aliphatic rings. The van der Waals surface area contributed by atoms with E-state index in [9.17, 15) is 15.2 Å². The van der Waals surface area contributed by atoms with Gasteiger partial charge >= 0.3 is 5.69 Å². The van der Waals surface area contributed by atoms with E-state index in [0.717, 1.165) is 0 Å². The van der Waals surface area contributed by atoms with Crippen LogP contribution in [0.15, 0.2) is 18.2 Å². The fraction of sp³-hybridized carbons (Fsp3) is 0.400. The van der Waals surface area contributed by atoms with E-state index in [2.05, 4.69) is 0 Å². The average Bonchev–Trinajstić information content (AvgIpc) is 2.28. The molecule has 0 radical (unpaired) electrons. The molecular formula is C10H14N2O4. The van der Waals surface area contributed by atoms with E-state index < -0.39 is 11.0 Å². The fourth-order valence-electron chi connectivity index (χ4n) is 1.48. The Bertz CT molecular complexity index is 381. The number of aliphatic hydroxyl groups excluding tert-OH is 1. The van der Waals surface area contributed by atoms with Crippen LogP contribution in [0.25, 0.3) is 0 Å². The number of aliphatic hydroxyl groups is 1. The Morgan fingerprint density at radius 2 is 2.31 bits per heavy atom. The Balaban J connectivity index is 3.21. The van der Waals surface area contributed by atoms with E-state index in [-0.39, 0.29) is 30.0 Å². The van der Waals surface area contributed by atoms with Crippen LogP contribution < -0.4 is 10.5 Å². The van der Waals surface area contributed by atoms with E-state index in [4.69, 9.17) is 10.5 Å². The molecule has 0 heterocycles. The summed E-state index contributed by atoms with van der Waals surface area (Å²) in [6.07, 6.45) is -0.672. The number of hydrogen-bond acceptors (Lipinski definition) is 5. The predicted octanol–water partition coefficient (Wildman–Crippen LogP) is 0.986. The standard InChI is InChI=1S/C10H14N2O4/c1-16-9-4-2-3-7(8(13)5-6-11)10(9)12(14)15/h2-4,8,13H,5-6,11H2,1H3. The number of hydrogen-bond donors (Lipinski definition) is 2. The molecule has 0 fully saturated rings. The lowest BCUT2D eigenvalue weighted by Crippen LogP contribution is -2.09. The monoisotopic (exact) mass is 226 g/mol. The first-order chi connectivity index (χ1) is 7.61. The smallest absolute Gasteiger partial charge is 0.316 e. The molecule has 6 heteroatoms. The Morgan fingerprint density at radius 1 is 1.62 bits per heavy atom. The molecule has 0 saturated carbocycles. The van der Waals surface area contributed by atoms with Crippen molar-refractivity contribution in [1.29, 1.82) is 0 Å². The zero-order valence-corrected chi connectivity index (χ0v) is 8.92. The van der Waals surface area contributed by atoms with Crippen molar-refractivity contribution < 1.29 is 14.8 Å². The van der Waals surface area contributed by atoms with E-state index >= 15 is 0 Å². The molecule has 0 aliphatic heterocycles. The van der Waals surface area contributed by atoms with Crippen LogP contribution in [-0.4, -0.2) is 23.7 Å². The minimum atomic E-state index is -0.944. The second kappa shape index (κ2) is 5.43. The molecule has 1 aromatic rings. The number of nitro groups is 1. The van der Waals surface area contributed by atoms with Crippen LogP contribution in [0, 0.1) is 10.1 Å². The van der Waals surface area contributed by atoms with E-state index in [0.29, 0.717) is 0 Å². The van der Waals surface area contributed by atoms with Crippen molar-refractivity contribution in [3.05, 3.63) is 33.9 Å². The summed E-state index contributed by atoms with van der Waals surface area (Å²) in [5, 5.41) is 20.6. The highest BCUT2D eigenvalue weighted by Crippen LogP contribution is 2.35. The van der Waals surface area contributed by atoms with Crippen molar-refractivity contribution in [2.24, 2.45) is 5.73 Å². The quantitative estimate of drug-likeness (QED) is 0.576. The van der Waals surface area contributed by atoms with Crippen molar-refractivity contribution in [1.82, 2.24) is 0 Å². The summed E-state index contributed by atoms with van der Waals surface area (Å²) >= 11 is 0.